The van der Waals surface area contributed by atoms with E-state index in [1.165, 1.54) is 6.20 Å². The van der Waals surface area contributed by atoms with E-state index < -0.39 is 5.97 Å². The second-order valence-corrected chi connectivity index (χ2v) is 2.04. The second kappa shape index (κ2) is 3.01. The molecule has 58 valence electrons. The minimum absolute atomic E-state index is 0.766. The summed E-state index contributed by atoms with van der Waals surface area (Å²) in [5.41, 5.74) is 0. The number of hydrogen-bond donors (Lipinski definition) is 1. The van der Waals surface area contributed by atoms with Gasteiger partial charge >= 0.3 is 5.97 Å². The van der Waals surface area contributed by atoms with E-state index in [2.05, 4.69) is 4.98 Å². The molecular weight excluding hydrogens is 144 g/mol. The zero-order valence-corrected chi connectivity index (χ0v) is 6.06. The first-order valence-corrected chi connectivity index (χ1v) is 3.10. The normalized spacial score (nSPS) is 10.6. The van der Waals surface area contributed by atoms with Crippen LogP contribution in [0.5, 0.6) is 0 Å². The molecule has 0 unspecified atom stereocenters. The average molecular weight is 152 g/mol. The van der Waals surface area contributed by atoms with Gasteiger partial charge in [0.1, 0.15) is 5.82 Å². The third-order valence-electron chi connectivity index (χ3n) is 1.24. The van der Waals surface area contributed by atoms with E-state index in [4.69, 9.17) is 5.11 Å². The predicted molar refractivity (Wildman–Crippen MR) is 39.9 cm³/mol. The number of hydrogen-bond acceptors (Lipinski definition) is 2. The SMILES string of the molecule is Cc1nccn1/C=C/C(=O)O. The lowest BCUT2D eigenvalue weighted by atomic mass is 10.6. The number of carboxylic acids is 1. The van der Waals surface area contributed by atoms with E-state index in [9.17, 15) is 4.79 Å². The van der Waals surface area contributed by atoms with Crippen LogP contribution >= 0.6 is 0 Å². The Morgan fingerprint density at radius 3 is 3.00 bits per heavy atom. The van der Waals surface area contributed by atoms with Crippen LogP contribution in [0.15, 0.2) is 18.5 Å². The fourth-order valence-electron chi connectivity index (χ4n) is 0.689. The molecule has 4 nitrogen and oxygen atoms in total. The van der Waals surface area contributed by atoms with E-state index in [0.717, 1.165) is 11.9 Å². The summed E-state index contributed by atoms with van der Waals surface area (Å²) in [6.07, 6.45) is 5.82. The van der Waals surface area contributed by atoms with E-state index in [1.54, 1.807) is 23.9 Å². The first-order chi connectivity index (χ1) is 5.20. The molecule has 0 saturated heterocycles. The first kappa shape index (κ1) is 7.53. The fourth-order valence-corrected chi connectivity index (χ4v) is 0.689. The molecule has 4 heteroatoms. The molecular formula is C7H8N2O2. The molecule has 0 fully saturated rings. The van der Waals surface area contributed by atoms with Gasteiger partial charge in [-0.1, -0.05) is 0 Å². The van der Waals surface area contributed by atoms with Crippen LogP contribution < -0.4 is 0 Å². The fraction of sp³-hybridized carbons (Fsp3) is 0.143. The molecule has 0 aliphatic carbocycles. The van der Waals surface area contributed by atoms with Crippen molar-refractivity contribution in [2.45, 2.75) is 6.92 Å². The summed E-state index contributed by atoms with van der Waals surface area (Å²) in [6, 6.07) is 0. The van der Waals surface area contributed by atoms with Gasteiger partial charge < -0.3 is 9.67 Å². The Kier molecular flexibility index (Phi) is 2.06. The maximum Gasteiger partial charge on any atom is 0.329 e. The van der Waals surface area contributed by atoms with Crippen LogP contribution in [0, 0.1) is 6.92 Å². The van der Waals surface area contributed by atoms with Gasteiger partial charge in [0.25, 0.3) is 0 Å². The van der Waals surface area contributed by atoms with Crippen molar-refractivity contribution in [2.24, 2.45) is 0 Å². The number of nitrogens with zero attached hydrogens (tertiary/aromatic N) is 2. The monoisotopic (exact) mass is 152 g/mol. The Bertz CT molecular complexity index is 288. The van der Waals surface area contributed by atoms with Crippen molar-refractivity contribution < 1.29 is 9.90 Å². The smallest absolute Gasteiger partial charge is 0.329 e. The number of aryl methyl sites for hydroxylation is 1. The third kappa shape index (κ3) is 1.93. The zero-order chi connectivity index (χ0) is 8.27. The summed E-state index contributed by atoms with van der Waals surface area (Å²) in [5.74, 6) is -0.194. The van der Waals surface area contributed by atoms with Crippen molar-refractivity contribution in [1.29, 1.82) is 0 Å². The quantitative estimate of drug-likeness (QED) is 0.636. The Balaban J connectivity index is 2.79. The Hall–Kier alpha value is -1.58. The van der Waals surface area contributed by atoms with Crippen LogP contribution in [-0.2, 0) is 4.79 Å². The largest absolute Gasteiger partial charge is 0.478 e. The van der Waals surface area contributed by atoms with Gasteiger partial charge in [0.05, 0.1) is 0 Å². The van der Waals surface area contributed by atoms with Crippen molar-refractivity contribution in [3.8, 4) is 0 Å². The molecule has 0 aliphatic heterocycles. The van der Waals surface area contributed by atoms with Crippen LogP contribution in [-0.4, -0.2) is 20.6 Å². The molecule has 1 aromatic rings. The summed E-state index contributed by atoms with van der Waals surface area (Å²) in [7, 11) is 0. The first-order valence-electron chi connectivity index (χ1n) is 3.10. The Morgan fingerprint density at radius 2 is 2.55 bits per heavy atom. The number of aliphatic carboxylic acids is 1. The predicted octanol–water partition coefficient (Wildman–Crippen LogP) is 0.747. The van der Waals surface area contributed by atoms with E-state index >= 15 is 0 Å². The molecule has 0 atom stereocenters. The summed E-state index contributed by atoms with van der Waals surface area (Å²) in [4.78, 5) is 14.0. The molecule has 0 bridgehead atoms. The summed E-state index contributed by atoms with van der Waals surface area (Å²) >= 11 is 0. The average Bonchev–Trinajstić information content (AvgIpc) is 2.31. The van der Waals surface area contributed by atoms with Crippen LogP contribution in [0.4, 0.5) is 0 Å². The second-order valence-electron chi connectivity index (χ2n) is 2.04. The highest BCUT2D eigenvalue weighted by atomic mass is 16.4. The van der Waals surface area contributed by atoms with E-state index in [1.807, 2.05) is 0 Å². The number of rotatable bonds is 2. The van der Waals surface area contributed by atoms with Crippen molar-refractivity contribution in [2.75, 3.05) is 0 Å². The highest BCUT2D eigenvalue weighted by Crippen LogP contribution is 1.94. The minimum atomic E-state index is -0.960. The van der Waals surface area contributed by atoms with Crippen LogP contribution in [0.25, 0.3) is 6.20 Å². The molecule has 0 spiro atoms. The molecule has 0 aromatic carbocycles. The Morgan fingerprint density at radius 1 is 1.82 bits per heavy atom. The van der Waals surface area contributed by atoms with Crippen LogP contribution in [0.3, 0.4) is 0 Å². The lowest BCUT2D eigenvalue weighted by Gasteiger charge is -1.92. The number of imidazole rings is 1. The van der Waals surface area contributed by atoms with Crippen molar-refractivity contribution >= 4 is 12.2 Å². The standard InChI is InChI=1S/C7H8N2O2/c1-6-8-3-5-9(6)4-2-7(10)11/h2-5H,1H3,(H,10,11)/b4-2+. The third-order valence-corrected chi connectivity index (χ3v) is 1.24. The Labute approximate surface area is 63.8 Å². The van der Waals surface area contributed by atoms with Gasteiger partial charge in [0.15, 0.2) is 0 Å². The van der Waals surface area contributed by atoms with Crippen molar-refractivity contribution in [3.05, 3.63) is 24.3 Å². The molecule has 1 aromatic heterocycles. The molecule has 1 rings (SSSR count). The van der Waals surface area contributed by atoms with Crippen molar-refractivity contribution in [3.63, 3.8) is 0 Å². The minimum Gasteiger partial charge on any atom is -0.478 e. The lowest BCUT2D eigenvalue weighted by Crippen LogP contribution is -1.91. The molecule has 0 radical (unpaired) electrons. The highest BCUT2D eigenvalue weighted by Gasteiger charge is 1.91. The number of aromatic nitrogens is 2. The summed E-state index contributed by atoms with van der Waals surface area (Å²) in [6.45, 7) is 1.80. The van der Waals surface area contributed by atoms with Gasteiger partial charge in [-0.2, -0.15) is 0 Å². The van der Waals surface area contributed by atoms with E-state index in [-0.39, 0.29) is 0 Å². The van der Waals surface area contributed by atoms with Gasteiger partial charge in [0, 0.05) is 24.7 Å². The van der Waals surface area contributed by atoms with Gasteiger partial charge in [-0.15, -0.1) is 0 Å². The molecule has 1 N–H and O–H groups in total. The van der Waals surface area contributed by atoms with E-state index in [0.29, 0.717) is 0 Å². The molecule has 0 amide bonds. The van der Waals surface area contributed by atoms with Gasteiger partial charge in [0.2, 0.25) is 0 Å². The van der Waals surface area contributed by atoms with Crippen LogP contribution in [0.2, 0.25) is 0 Å². The number of carbonyl (C=O) groups is 1. The molecule has 1 heterocycles. The molecule has 0 aliphatic rings. The maximum absolute atomic E-state index is 10.1. The van der Waals surface area contributed by atoms with Crippen molar-refractivity contribution in [1.82, 2.24) is 9.55 Å². The topological polar surface area (TPSA) is 55.1 Å². The van der Waals surface area contributed by atoms with Crippen LogP contribution in [0.1, 0.15) is 5.82 Å². The molecule has 0 saturated carbocycles. The molecule has 11 heavy (non-hydrogen) atoms. The highest BCUT2D eigenvalue weighted by molar-refractivity contribution is 5.82. The van der Waals surface area contributed by atoms with Gasteiger partial charge in [-0.05, 0) is 6.92 Å². The number of carboxylic acid groups (broad SMARTS) is 1. The van der Waals surface area contributed by atoms with Gasteiger partial charge in [-0.3, -0.25) is 0 Å². The maximum atomic E-state index is 10.1. The van der Waals surface area contributed by atoms with Gasteiger partial charge in [-0.25, -0.2) is 9.78 Å². The zero-order valence-electron chi connectivity index (χ0n) is 6.06. The lowest BCUT2D eigenvalue weighted by molar-refractivity contribution is -0.131. The summed E-state index contributed by atoms with van der Waals surface area (Å²) in [5, 5.41) is 8.28. The summed E-state index contributed by atoms with van der Waals surface area (Å²) < 4.78 is 1.63.